The van der Waals surface area contributed by atoms with Gasteiger partial charge in [0.05, 0.1) is 18.5 Å². The number of sulfonamides is 1. The van der Waals surface area contributed by atoms with Crippen molar-refractivity contribution in [2.24, 2.45) is 0 Å². The molecule has 1 aromatic heterocycles. The number of ether oxygens (including phenoxy) is 1. The Morgan fingerprint density at radius 1 is 1.17 bits per heavy atom. The summed E-state index contributed by atoms with van der Waals surface area (Å²) in [7, 11) is -3.48. The molecule has 0 saturated carbocycles. The van der Waals surface area contributed by atoms with Crippen LogP contribution < -0.4 is 4.90 Å². The lowest BCUT2D eigenvalue weighted by atomic mass is 10.1. The van der Waals surface area contributed by atoms with E-state index in [-0.39, 0.29) is 12.6 Å². The van der Waals surface area contributed by atoms with Gasteiger partial charge in [0, 0.05) is 35.5 Å². The molecule has 0 bridgehead atoms. The summed E-state index contributed by atoms with van der Waals surface area (Å²) in [5.74, 6) is 0. The van der Waals surface area contributed by atoms with E-state index in [1.54, 1.807) is 10.5 Å². The van der Waals surface area contributed by atoms with Crippen LogP contribution in [0.5, 0.6) is 0 Å². The number of aromatic nitrogens is 2. The molecular formula is C26H31BrN4O4S. The second-order valence-corrected chi connectivity index (χ2v) is 12.9. The normalized spacial score (nSPS) is 16.9. The van der Waals surface area contributed by atoms with E-state index in [1.807, 2.05) is 69.3 Å². The number of hydrogen-bond donors (Lipinski definition) is 0. The predicted molar refractivity (Wildman–Crippen MR) is 143 cm³/mol. The summed E-state index contributed by atoms with van der Waals surface area (Å²) >= 11 is 3.53. The summed E-state index contributed by atoms with van der Waals surface area (Å²) in [5, 5.41) is 0. The number of halogens is 1. The first-order chi connectivity index (χ1) is 16.9. The van der Waals surface area contributed by atoms with Crippen molar-refractivity contribution in [3.8, 4) is 0 Å². The van der Waals surface area contributed by atoms with Crippen LogP contribution in [0.2, 0.25) is 0 Å². The Labute approximate surface area is 221 Å². The van der Waals surface area contributed by atoms with Crippen LogP contribution >= 0.6 is 15.9 Å². The largest absolute Gasteiger partial charge is 0.443 e. The number of carbonyl (C=O) groups is 1. The van der Waals surface area contributed by atoms with Crippen LogP contribution in [0.4, 0.5) is 10.5 Å². The number of benzene rings is 2. The smallest absolute Gasteiger partial charge is 0.419 e. The van der Waals surface area contributed by atoms with Gasteiger partial charge >= 0.3 is 6.09 Å². The summed E-state index contributed by atoms with van der Waals surface area (Å²) < 4.78 is 35.1. The lowest BCUT2D eigenvalue weighted by Gasteiger charge is -2.31. The Kier molecular flexibility index (Phi) is 7.59. The van der Waals surface area contributed by atoms with Crippen LogP contribution in [-0.2, 0) is 34.3 Å². The van der Waals surface area contributed by atoms with Crippen LogP contribution in [0.15, 0.2) is 65.5 Å². The minimum atomic E-state index is -3.48. The van der Waals surface area contributed by atoms with Gasteiger partial charge in [-0.2, -0.15) is 4.31 Å². The number of anilines is 1. The van der Waals surface area contributed by atoms with Crippen molar-refractivity contribution in [1.29, 1.82) is 0 Å². The average Bonchev–Trinajstić information content (AvgIpc) is 3.18. The Morgan fingerprint density at radius 2 is 1.89 bits per heavy atom. The van der Waals surface area contributed by atoms with E-state index in [0.717, 1.165) is 21.3 Å². The molecule has 1 aliphatic heterocycles. The molecule has 1 unspecified atom stereocenters. The Hall–Kier alpha value is -2.69. The van der Waals surface area contributed by atoms with Gasteiger partial charge in [0.1, 0.15) is 11.9 Å². The molecule has 3 aromatic rings. The lowest BCUT2D eigenvalue weighted by Crippen LogP contribution is -2.45. The number of fused-ring (bicyclic) bond motifs is 1. The molecule has 0 saturated heterocycles. The molecule has 10 heteroatoms. The van der Waals surface area contributed by atoms with Gasteiger partial charge in [-0.15, -0.1) is 0 Å². The third-order valence-electron chi connectivity index (χ3n) is 5.88. The van der Waals surface area contributed by atoms with Crippen LogP contribution in [0.3, 0.4) is 0 Å². The number of rotatable bonds is 5. The SMILES string of the molecule is CC(C)(C)OC(=O)n1cnc(CN2CC(Cc3ccccc3)N(S(C)(=O)=O)Cc3cc(Br)ccc32)c1. The monoisotopic (exact) mass is 574 g/mol. The minimum Gasteiger partial charge on any atom is -0.443 e. The van der Waals surface area contributed by atoms with Crippen LogP contribution in [0.1, 0.15) is 37.6 Å². The van der Waals surface area contributed by atoms with E-state index < -0.39 is 21.7 Å². The van der Waals surface area contributed by atoms with E-state index in [2.05, 4.69) is 25.8 Å². The van der Waals surface area contributed by atoms with E-state index in [0.29, 0.717) is 25.2 Å². The molecule has 192 valence electrons. The summed E-state index contributed by atoms with van der Waals surface area (Å²) in [6, 6.07) is 15.5. The van der Waals surface area contributed by atoms with Crippen molar-refractivity contribution >= 4 is 37.7 Å². The summed E-state index contributed by atoms with van der Waals surface area (Å²) in [6.45, 7) is 6.59. The Bertz CT molecular complexity index is 1340. The first-order valence-electron chi connectivity index (χ1n) is 11.7. The third-order valence-corrected chi connectivity index (χ3v) is 7.65. The van der Waals surface area contributed by atoms with Gasteiger partial charge in [0.2, 0.25) is 10.0 Å². The maximum absolute atomic E-state index is 12.9. The molecule has 0 fully saturated rings. The van der Waals surface area contributed by atoms with Crippen molar-refractivity contribution in [1.82, 2.24) is 13.9 Å². The summed E-state index contributed by atoms with van der Waals surface area (Å²) in [4.78, 5) is 19.1. The average molecular weight is 576 g/mol. The van der Waals surface area contributed by atoms with Crippen LogP contribution in [0, 0.1) is 0 Å². The zero-order chi connectivity index (χ0) is 26.1. The molecule has 0 amide bonds. The summed E-state index contributed by atoms with van der Waals surface area (Å²) in [5.41, 5.74) is 2.97. The zero-order valence-electron chi connectivity index (χ0n) is 20.9. The molecule has 0 radical (unpaired) electrons. The third kappa shape index (κ3) is 6.54. The lowest BCUT2D eigenvalue weighted by molar-refractivity contribution is 0.0536. The highest BCUT2D eigenvalue weighted by Gasteiger charge is 2.33. The van der Waals surface area contributed by atoms with Crippen molar-refractivity contribution < 1.29 is 17.9 Å². The van der Waals surface area contributed by atoms with Gasteiger partial charge in [-0.3, -0.25) is 0 Å². The molecule has 1 atom stereocenters. The van der Waals surface area contributed by atoms with Crippen molar-refractivity contribution in [3.05, 3.63) is 82.3 Å². The minimum absolute atomic E-state index is 0.272. The first kappa shape index (κ1) is 26.4. The second kappa shape index (κ2) is 10.4. The molecule has 8 nitrogen and oxygen atoms in total. The van der Waals surface area contributed by atoms with Crippen LogP contribution in [-0.4, -0.2) is 52.8 Å². The highest BCUT2D eigenvalue weighted by Crippen LogP contribution is 2.33. The summed E-state index contributed by atoms with van der Waals surface area (Å²) in [6.07, 6.45) is 4.46. The molecule has 4 rings (SSSR count). The molecule has 2 aromatic carbocycles. The number of imidazole rings is 1. The molecule has 0 N–H and O–H groups in total. The van der Waals surface area contributed by atoms with E-state index in [4.69, 9.17) is 4.74 Å². The maximum atomic E-state index is 12.9. The molecule has 2 heterocycles. The predicted octanol–water partition coefficient (Wildman–Crippen LogP) is 4.82. The fourth-order valence-electron chi connectivity index (χ4n) is 4.38. The molecule has 36 heavy (non-hydrogen) atoms. The van der Waals surface area contributed by atoms with Gasteiger partial charge in [-0.1, -0.05) is 46.3 Å². The fourth-order valence-corrected chi connectivity index (χ4v) is 5.84. The van der Waals surface area contributed by atoms with Crippen LogP contribution in [0.25, 0.3) is 0 Å². The number of hydrogen-bond acceptors (Lipinski definition) is 6. The van der Waals surface area contributed by atoms with Crippen molar-refractivity contribution in [3.63, 3.8) is 0 Å². The molecule has 0 spiro atoms. The Morgan fingerprint density at radius 3 is 2.56 bits per heavy atom. The van der Waals surface area contributed by atoms with Gasteiger partial charge in [-0.05, 0) is 56.5 Å². The zero-order valence-corrected chi connectivity index (χ0v) is 23.3. The van der Waals surface area contributed by atoms with E-state index >= 15 is 0 Å². The number of carbonyl (C=O) groups excluding carboxylic acids is 1. The molecule has 1 aliphatic rings. The fraction of sp³-hybridized carbons (Fsp3) is 0.385. The second-order valence-electron chi connectivity index (χ2n) is 10.1. The van der Waals surface area contributed by atoms with Crippen molar-refractivity contribution in [2.45, 2.75) is 51.9 Å². The van der Waals surface area contributed by atoms with E-state index in [9.17, 15) is 13.2 Å². The first-order valence-corrected chi connectivity index (χ1v) is 14.3. The molecule has 0 aliphatic carbocycles. The van der Waals surface area contributed by atoms with Gasteiger partial charge < -0.3 is 9.64 Å². The van der Waals surface area contributed by atoms with E-state index in [1.165, 1.54) is 17.2 Å². The quantitative estimate of drug-likeness (QED) is 0.434. The molecular weight excluding hydrogens is 544 g/mol. The van der Waals surface area contributed by atoms with Gasteiger partial charge in [-0.25, -0.2) is 22.8 Å². The maximum Gasteiger partial charge on any atom is 0.419 e. The highest BCUT2D eigenvalue weighted by molar-refractivity contribution is 9.10. The van der Waals surface area contributed by atoms with Gasteiger partial charge in [0.15, 0.2) is 0 Å². The standard InChI is InChI=1S/C26H31BrN4O4S/c1-26(2,3)35-25(32)30-16-22(28-18-30)15-29-17-23(12-19-8-6-5-7-9-19)31(36(4,33)34)14-20-13-21(27)10-11-24(20)29/h5-11,13,16,18,23H,12,14-15,17H2,1-4H3. The number of nitrogens with zero attached hydrogens (tertiary/aromatic N) is 4. The van der Waals surface area contributed by atoms with Crippen molar-refractivity contribution in [2.75, 3.05) is 17.7 Å². The topological polar surface area (TPSA) is 84.7 Å². The highest BCUT2D eigenvalue weighted by atomic mass is 79.9. The Balaban J connectivity index is 1.68. The van der Waals surface area contributed by atoms with Gasteiger partial charge in [0.25, 0.3) is 0 Å².